The Hall–Kier alpha value is -0.940. The van der Waals surface area contributed by atoms with Crippen LogP contribution >= 0.6 is 15.9 Å². The standard InChI is InChI=1S/C9H11BrN4/c1-6(11)4-7-2-3-8-12-13-9(10)14(8)5-7/h2-3,5-6H,4,11H2,1H3. The summed E-state index contributed by atoms with van der Waals surface area (Å²) in [5.41, 5.74) is 7.76. The molecule has 0 radical (unpaired) electrons. The highest BCUT2D eigenvalue weighted by atomic mass is 79.9. The Labute approximate surface area is 90.3 Å². The molecule has 0 saturated carbocycles. The molecule has 14 heavy (non-hydrogen) atoms. The van der Waals surface area contributed by atoms with Crippen molar-refractivity contribution >= 4 is 21.6 Å². The van der Waals surface area contributed by atoms with Gasteiger partial charge in [0.1, 0.15) is 0 Å². The molecule has 0 amide bonds. The van der Waals surface area contributed by atoms with Gasteiger partial charge in [0.15, 0.2) is 5.65 Å². The highest BCUT2D eigenvalue weighted by Crippen LogP contribution is 2.12. The zero-order chi connectivity index (χ0) is 10.1. The fourth-order valence-electron chi connectivity index (χ4n) is 1.40. The number of pyridine rings is 1. The van der Waals surface area contributed by atoms with Crippen LogP contribution in [-0.2, 0) is 6.42 Å². The molecule has 0 spiro atoms. The van der Waals surface area contributed by atoms with Gasteiger partial charge in [-0.1, -0.05) is 6.07 Å². The van der Waals surface area contributed by atoms with Gasteiger partial charge in [-0.25, -0.2) is 0 Å². The van der Waals surface area contributed by atoms with Gasteiger partial charge in [0, 0.05) is 12.2 Å². The summed E-state index contributed by atoms with van der Waals surface area (Å²) in [4.78, 5) is 0. The summed E-state index contributed by atoms with van der Waals surface area (Å²) >= 11 is 3.33. The van der Waals surface area contributed by atoms with Crippen LogP contribution in [0.25, 0.3) is 5.65 Å². The Morgan fingerprint density at radius 1 is 1.50 bits per heavy atom. The molecule has 0 aliphatic rings. The molecule has 0 saturated heterocycles. The predicted octanol–water partition coefficient (Wildman–Crippen LogP) is 1.38. The van der Waals surface area contributed by atoms with E-state index in [0.29, 0.717) is 0 Å². The first-order valence-corrected chi connectivity index (χ1v) is 5.21. The van der Waals surface area contributed by atoms with Crippen LogP contribution in [0.2, 0.25) is 0 Å². The number of nitrogens with zero attached hydrogens (tertiary/aromatic N) is 3. The number of hydrogen-bond donors (Lipinski definition) is 1. The first-order valence-electron chi connectivity index (χ1n) is 4.41. The number of halogens is 1. The molecule has 0 aliphatic carbocycles. The maximum absolute atomic E-state index is 5.73. The Kier molecular flexibility index (Phi) is 2.52. The summed E-state index contributed by atoms with van der Waals surface area (Å²) < 4.78 is 2.62. The highest BCUT2D eigenvalue weighted by Gasteiger charge is 2.03. The van der Waals surface area contributed by atoms with Crippen molar-refractivity contribution in [3.05, 3.63) is 28.6 Å². The van der Waals surface area contributed by atoms with Gasteiger partial charge < -0.3 is 5.73 Å². The molecule has 0 fully saturated rings. The van der Waals surface area contributed by atoms with Crippen LogP contribution < -0.4 is 5.73 Å². The second-order valence-corrected chi connectivity index (χ2v) is 4.13. The van der Waals surface area contributed by atoms with Crippen LogP contribution in [0.5, 0.6) is 0 Å². The number of rotatable bonds is 2. The lowest BCUT2D eigenvalue weighted by atomic mass is 10.1. The van der Waals surface area contributed by atoms with Crippen molar-refractivity contribution in [3.8, 4) is 0 Å². The number of nitrogens with two attached hydrogens (primary N) is 1. The molecule has 4 nitrogen and oxygen atoms in total. The fraction of sp³-hybridized carbons (Fsp3) is 0.333. The summed E-state index contributed by atoms with van der Waals surface area (Å²) in [6.07, 6.45) is 2.86. The normalized spacial score (nSPS) is 13.4. The maximum atomic E-state index is 5.73. The van der Waals surface area contributed by atoms with Gasteiger partial charge in [0.25, 0.3) is 0 Å². The van der Waals surface area contributed by atoms with E-state index in [1.54, 1.807) is 0 Å². The molecule has 0 aromatic carbocycles. The Bertz CT molecular complexity index is 449. The summed E-state index contributed by atoms with van der Waals surface area (Å²) in [6, 6.07) is 4.14. The van der Waals surface area contributed by atoms with E-state index in [-0.39, 0.29) is 6.04 Å². The minimum absolute atomic E-state index is 0.169. The minimum Gasteiger partial charge on any atom is -0.328 e. The smallest absolute Gasteiger partial charge is 0.204 e. The number of fused-ring (bicyclic) bond motifs is 1. The lowest BCUT2D eigenvalue weighted by Crippen LogP contribution is -2.17. The van der Waals surface area contributed by atoms with E-state index in [4.69, 9.17) is 5.73 Å². The second-order valence-electron chi connectivity index (χ2n) is 3.42. The first kappa shape index (κ1) is 9.61. The lowest BCUT2D eigenvalue weighted by molar-refractivity contribution is 0.734. The van der Waals surface area contributed by atoms with Gasteiger partial charge in [0.05, 0.1) is 0 Å². The molecule has 2 N–H and O–H groups in total. The SMILES string of the molecule is CC(N)Cc1ccc2nnc(Br)n2c1. The van der Waals surface area contributed by atoms with Crippen LogP contribution in [-0.4, -0.2) is 20.6 Å². The van der Waals surface area contributed by atoms with E-state index in [9.17, 15) is 0 Å². The molecule has 2 aromatic rings. The first-order chi connectivity index (χ1) is 6.66. The van der Waals surface area contributed by atoms with Crippen molar-refractivity contribution in [3.63, 3.8) is 0 Å². The molecular formula is C9H11BrN4. The van der Waals surface area contributed by atoms with Gasteiger partial charge in [0.2, 0.25) is 4.73 Å². The molecule has 74 valence electrons. The molecule has 1 atom stereocenters. The topological polar surface area (TPSA) is 56.2 Å². The van der Waals surface area contributed by atoms with E-state index in [1.165, 1.54) is 5.56 Å². The van der Waals surface area contributed by atoms with Crippen LogP contribution in [0.3, 0.4) is 0 Å². The van der Waals surface area contributed by atoms with E-state index in [2.05, 4.69) is 26.1 Å². The van der Waals surface area contributed by atoms with E-state index in [1.807, 2.05) is 29.7 Å². The Balaban J connectivity index is 2.44. The zero-order valence-corrected chi connectivity index (χ0v) is 9.40. The van der Waals surface area contributed by atoms with Gasteiger partial charge >= 0.3 is 0 Å². The highest BCUT2D eigenvalue weighted by molar-refractivity contribution is 9.10. The third kappa shape index (κ3) is 1.78. The van der Waals surface area contributed by atoms with Crippen molar-refractivity contribution in [2.24, 2.45) is 5.73 Å². The fourth-order valence-corrected chi connectivity index (χ4v) is 1.76. The van der Waals surface area contributed by atoms with E-state index >= 15 is 0 Å². The molecular weight excluding hydrogens is 244 g/mol. The quantitative estimate of drug-likeness (QED) is 0.882. The van der Waals surface area contributed by atoms with Crippen molar-refractivity contribution < 1.29 is 0 Å². The summed E-state index contributed by atoms with van der Waals surface area (Å²) in [5.74, 6) is 0. The zero-order valence-electron chi connectivity index (χ0n) is 7.81. The van der Waals surface area contributed by atoms with Crippen molar-refractivity contribution in [2.75, 3.05) is 0 Å². The molecule has 2 rings (SSSR count). The van der Waals surface area contributed by atoms with Crippen LogP contribution in [0.4, 0.5) is 0 Å². The third-order valence-corrected chi connectivity index (χ3v) is 2.52. The lowest BCUT2D eigenvalue weighted by Gasteiger charge is -2.05. The summed E-state index contributed by atoms with van der Waals surface area (Å²) in [7, 11) is 0. The summed E-state index contributed by atoms with van der Waals surface area (Å²) in [6.45, 7) is 1.99. The van der Waals surface area contributed by atoms with E-state index < -0.39 is 0 Å². The molecule has 0 aliphatic heterocycles. The summed E-state index contributed by atoms with van der Waals surface area (Å²) in [5, 5.41) is 7.89. The van der Waals surface area contributed by atoms with Gasteiger partial charge in [-0.15, -0.1) is 10.2 Å². The minimum atomic E-state index is 0.169. The Morgan fingerprint density at radius 2 is 2.29 bits per heavy atom. The molecule has 2 heterocycles. The van der Waals surface area contributed by atoms with Crippen molar-refractivity contribution in [1.82, 2.24) is 14.6 Å². The van der Waals surface area contributed by atoms with Crippen LogP contribution in [0, 0.1) is 0 Å². The number of hydrogen-bond acceptors (Lipinski definition) is 3. The average molecular weight is 255 g/mol. The van der Waals surface area contributed by atoms with Crippen molar-refractivity contribution in [1.29, 1.82) is 0 Å². The van der Waals surface area contributed by atoms with Crippen LogP contribution in [0.15, 0.2) is 23.1 Å². The number of aromatic nitrogens is 3. The van der Waals surface area contributed by atoms with Gasteiger partial charge in [-0.3, -0.25) is 4.40 Å². The van der Waals surface area contributed by atoms with E-state index in [0.717, 1.165) is 16.8 Å². The van der Waals surface area contributed by atoms with Gasteiger partial charge in [-0.05, 0) is 40.9 Å². The maximum Gasteiger partial charge on any atom is 0.204 e. The van der Waals surface area contributed by atoms with Gasteiger partial charge in [-0.2, -0.15) is 0 Å². The molecule has 5 heteroatoms. The predicted molar refractivity (Wildman–Crippen MR) is 58.0 cm³/mol. The largest absolute Gasteiger partial charge is 0.328 e. The average Bonchev–Trinajstić information content (AvgIpc) is 2.47. The van der Waals surface area contributed by atoms with Crippen LogP contribution in [0.1, 0.15) is 12.5 Å². The monoisotopic (exact) mass is 254 g/mol. The molecule has 1 unspecified atom stereocenters. The third-order valence-electron chi connectivity index (χ3n) is 1.98. The molecule has 0 bridgehead atoms. The second kappa shape index (κ2) is 3.67. The molecule has 2 aromatic heterocycles. The van der Waals surface area contributed by atoms with Crippen molar-refractivity contribution in [2.45, 2.75) is 19.4 Å². The Morgan fingerprint density at radius 3 is 3.00 bits per heavy atom.